The maximum atomic E-state index is 11.0. The van der Waals surface area contributed by atoms with E-state index in [4.69, 9.17) is 25.0 Å². The van der Waals surface area contributed by atoms with E-state index in [0.717, 1.165) is 24.8 Å². The van der Waals surface area contributed by atoms with Crippen LogP contribution < -0.4 is 15.2 Å². The highest BCUT2D eigenvalue weighted by Crippen LogP contribution is 2.37. The van der Waals surface area contributed by atoms with Gasteiger partial charge >= 0.3 is 7.82 Å². The fourth-order valence-corrected chi connectivity index (χ4v) is 3.63. The molecule has 0 aromatic heterocycles. The van der Waals surface area contributed by atoms with Crippen LogP contribution in [0.1, 0.15) is 43.7 Å². The van der Waals surface area contributed by atoms with Gasteiger partial charge < -0.3 is 25.0 Å². The van der Waals surface area contributed by atoms with Gasteiger partial charge in [0.2, 0.25) is 0 Å². The van der Waals surface area contributed by atoms with Crippen molar-refractivity contribution >= 4 is 7.82 Å². The van der Waals surface area contributed by atoms with Gasteiger partial charge in [0.25, 0.3) is 0 Å². The first-order valence-corrected chi connectivity index (χ1v) is 12.1. The molecule has 0 fully saturated rings. The van der Waals surface area contributed by atoms with Crippen molar-refractivity contribution in [2.45, 2.75) is 51.0 Å². The van der Waals surface area contributed by atoms with Crippen molar-refractivity contribution in [2.75, 3.05) is 20.3 Å². The van der Waals surface area contributed by atoms with Gasteiger partial charge in [-0.1, -0.05) is 43.3 Å². The van der Waals surface area contributed by atoms with Gasteiger partial charge in [0.05, 0.1) is 20.3 Å². The Hall–Kier alpha value is -1.89. The number of benzene rings is 2. The van der Waals surface area contributed by atoms with Crippen molar-refractivity contribution in [1.29, 1.82) is 0 Å². The zero-order valence-corrected chi connectivity index (χ0v) is 19.2. The molecule has 0 aliphatic heterocycles. The molecule has 0 amide bonds. The number of hydrogen-bond donors (Lipinski definition) is 3. The summed E-state index contributed by atoms with van der Waals surface area (Å²) in [6, 6.07) is 16.2. The molecule has 172 valence electrons. The molecule has 0 radical (unpaired) electrons. The zero-order valence-electron chi connectivity index (χ0n) is 18.3. The van der Waals surface area contributed by atoms with Gasteiger partial charge in [0.1, 0.15) is 0 Å². The highest BCUT2D eigenvalue weighted by Gasteiger charge is 2.27. The number of phosphoric ester groups is 1. The minimum absolute atomic E-state index is 0.199. The lowest BCUT2D eigenvalue weighted by molar-refractivity contribution is 0.144. The minimum atomic E-state index is -4.54. The summed E-state index contributed by atoms with van der Waals surface area (Å²) >= 11 is 0. The lowest BCUT2D eigenvalue weighted by Gasteiger charge is -2.28. The van der Waals surface area contributed by atoms with Crippen molar-refractivity contribution < 1.29 is 28.3 Å². The van der Waals surface area contributed by atoms with Crippen molar-refractivity contribution in [2.24, 2.45) is 5.73 Å². The van der Waals surface area contributed by atoms with Gasteiger partial charge in [0, 0.05) is 5.54 Å². The fourth-order valence-electron chi connectivity index (χ4n) is 3.20. The zero-order chi connectivity index (χ0) is 22.7. The molecule has 0 aliphatic rings. The first-order valence-electron chi connectivity index (χ1n) is 10.6. The highest BCUT2D eigenvalue weighted by molar-refractivity contribution is 7.46. The summed E-state index contributed by atoms with van der Waals surface area (Å²) in [5, 5.41) is 0. The molecule has 2 rings (SSSR count). The smallest absolute Gasteiger partial charge is 0.469 e. The predicted octanol–water partition coefficient (Wildman–Crippen LogP) is 4.25. The molecule has 0 spiro atoms. The van der Waals surface area contributed by atoms with Crippen molar-refractivity contribution in [3.63, 3.8) is 0 Å². The Balaban J connectivity index is 1.83. The first kappa shape index (κ1) is 25.4. The molecule has 8 heteroatoms. The average molecular weight is 452 g/mol. The third-order valence-corrected chi connectivity index (χ3v) is 5.79. The Labute approximate surface area is 184 Å². The molecule has 2 aromatic carbocycles. The molecule has 4 N–H and O–H groups in total. The summed E-state index contributed by atoms with van der Waals surface area (Å²) in [4.78, 5) is 17.9. The van der Waals surface area contributed by atoms with Gasteiger partial charge in [-0.25, -0.2) is 4.57 Å². The van der Waals surface area contributed by atoms with Gasteiger partial charge in [-0.15, -0.1) is 0 Å². The third kappa shape index (κ3) is 9.42. The van der Waals surface area contributed by atoms with Crippen molar-refractivity contribution in [1.82, 2.24) is 0 Å². The van der Waals surface area contributed by atoms with Crippen LogP contribution in [0.25, 0.3) is 0 Å². The quantitative estimate of drug-likeness (QED) is 0.291. The number of ether oxygens (including phenoxy) is 2. The number of phosphoric acid groups is 1. The van der Waals surface area contributed by atoms with E-state index >= 15 is 0 Å². The monoisotopic (exact) mass is 451 g/mol. The van der Waals surface area contributed by atoms with Crippen LogP contribution in [0.2, 0.25) is 0 Å². The molecule has 2 aromatic rings. The summed E-state index contributed by atoms with van der Waals surface area (Å²) in [6.07, 6.45) is 4.72. The Kier molecular flexibility index (Phi) is 10.0. The van der Waals surface area contributed by atoms with Crippen LogP contribution in [-0.4, -0.2) is 35.6 Å². The van der Waals surface area contributed by atoms with Crippen LogP contribution in [0, 0.1) is 0 Å². The number of nitrogens with two attached hydrogens (primary N) is 1. The SMILES string of the molecule is CCC(N)(CCc1ccc(OCCCCc2ccccc2)c(OC)c1)COP(=O)(O)O. The second-order valence-corrected chi connectivity index (χ2v) is 9.00. The van der Waals surface area contributed by atoms with Crippen LogP contribution in [0.4, 0.5) is 0 Å². The second kappa shape index (κ2) is 12.2. The maximum absolute atomic E-state index is 11.0. The van der Waals surface area contributed by atoms with E-state index < -0.39 is 13.4 Å². The number of methoxy groups -OCH3 is 1. The fraction of sp³-hybridized carbons (Fsp3) is 0.478. The van der Waals surface area contributed by atoms with E-state index in [9.17, 15) is 4.57 Å². The normalized spacial score (nSPS) is 13.6. The van der Waals surface area contributed by atoms with Gasteiger partial charge in [-0.3, -0.25) is 4.52 Å². The number of hydrogen-bond acceptors (Lipinski definition) is 5. The van der Waals surface area contributed by atoms with E-state index in [0.29, 0.717) is 37.4 Å². The van der Waals surface area contributed by atoms with Crippen LogP contribution in [0.3, 0.4) is 0 Å². The van der Waals surface area contributed by atoms with Gasteiger partial charge in [-0.05, 0) is 61.8 Å². The Bertz CT molecular complexity index is 841. The Morgan fingerprint density at radius 2 is 1.74 bits per heavy atom. The van der Waals surface area contributed by atoms with Crippen LogP contribution in [0.5, 0.6) is 11.5 Å². The van der Waals surface area contributed by atoms with E-state index in [1.165, 1.54) is 5.56 Å². The molecule has 1 atom stereocenters. The van der Waals surface area contributed by atoms with Crippen LogP contribution in [0.15, 0.2) is 48.5 Å². The molecule has 31 heavy (non-hydrogen) atoms. The molecule has 0 bridgehead atoms. The number of rotatable bonds is 14. The van der Waals surface area contributed by atoms with E-state index in [-0.39, 0.29) is 6.61 Å². The number of unbranched alkanes of at least 4 members (excludes halogenated alkanes) is 1. The molecule has 0 saturated heterocycles. The largest absolute Gasteiger partial charge is 0.493 e. The van der Waals surface area contributed by atoms with E-state index in [1.807, 2.05) is 31.2 Å². The molecule has 1 unspecified atom stereocenters. The lowest BCUT2D eigenvalue weighted by atomic mass is 9.90. The van der Waals surface area contributed by atoms with Gasteiger partial charge in [-0.2, -0.15) is 0 Å². The third-order valence-electron chi connectivity index (χ3n) is 5.32. The first-order chi connectivity index (χ1) is 14.7. The standard InChI is InChI=1S/C23H34NO6P/c1-3-23(24,18-30-31(25,26)27)15-14-20-12-13-21(22(17-20)28-2)29-16-8-7-11-19-9-5-4-6-10-19/h4-6,9-10,12-13,17H,3,7-8,11,14-16,18,24H2,1-2H3,(H2,25,26,27). The van der Waals surface area contributed by atoms with Crippen molar-refractivity contribution in [3.8, 4) is 11.5 Å². The molecular formula is C23H34NO6P. The topological polar surface area (TPSA) is 111 Å². The summed E-state index contributed by atoms with van der Waals surface area (Å²) in [5.41, 5.74) is 7.79. The summed E-state index contributed by atoms with van der Waals surface area (Å²) in [5.74, 6) is 1.36. The van der Waals surface area contributed by atoms with Gasteiger partial charge in [0.15, 0.2) is 11.5 Å². The van der Waals surface area contributed by atoms with E-state index in [2.05, 4.69) is 28.8 Å². The summed E-state index contributed by atoms with van der Waals surface area (Å²) in [6.45, 7) is 2.29. The average Bonchev–Trinajstić information content (AvgIpc) is 2.76. The molecule has 0 heterocycles. The molecular weight excluding hydrogens is 417 g/mol. The minimum Gasteiger partial charge on any atom is -0.493 e. The Morgan fingerprint density at radius 3 is 2.39 bits per heavy atom. The Morgan fingerprint density at radius 1 is 1.00 bits per heavy atom. The molecule has 0 saturated carbocycles. The van der Waals surface area contributed by atoms with Crippen molar-refractivity contribution in [3.05, 3.63) is 59.7 Å². The number of aryl methyl sites for hydroxylation is 2. The van der Waals surface area contributed by atoms with Crippen LogP contribution in [-0.2, 0) is 21.9 Å². The van der Waals surface area contributed by atoms with Crippen LogP contribution >= 0.6 is 7.82 Å². The molecule has 7 nitrogen and oxygen atoms in total. The predicted molar refractivity (Wildman–Crippen MR) is 121 cm³/mol. The maximum Gasteiger partial charge on any atom is 0.469 e. The second-order valence-electron chi connectivity index (χ2n) is 7.76. The summed E-state index contributed by atoms with van der Waals surface area (Å²) in [7, 11) is -2.93. The summed E-state index contributed by atoms with van der Waals surface area (Å²) < 4.78 is 27.0. The lowest BCUT2D eigenvalue weighted by Crippen LogP contribution is -2.44. The highest BCUT2D eigenvalue weighted by atomic mass is 31.2. The van der Waals surface area contributed by atoms with E-state index in [1.54, 1.807) is 7.11 Å². The molecule has 0 aliphatic carbocycles.